The summed E-state index contributed by atoms with van der Waals surface area (Å²) in [6.45, 7) is 0.0909. The first-order valence-corrected chi connectivity index (χ1v) is 8.97. The third-order valence-corrected chi connectivity index (χ3v) is 4.93. The van der Waals surface area contributed by atoms with E-state index in [0.717, 1.165) is 0 Å². The van der Waals surface area contributed by atoms with Gasteiger partial charge in [0, 0.05) is 31.8 Å². The SMILES string of the molecule is CN1C(=O)C(=Cc2ccccc2OCc2cccc([N+](=O)[O-])c2)C(=O)N(C)C1=S. The number of nitro benzene ring substituents is 1. The Balaban J connectivity index is 1.87. The van der Waals surface area contributed by atoms with Gasteiger partial charge < -0.3 is 4.74 Å². The van der Waals surface area contributed by atoms with E-state index in [-0.39, 0.29) is 23.0 Å². The van der Waals surface area contributed by atoms with E-state index in [1.807, 2.05) is 0 Å². The molecule has 29 heavy (non-hydrogen) atoms. The molecule has 0 aliphatic carbocycles. The third-order valence-electron chi connectivity index (χ3n) is 4.38. The van der Waals surface area contributed by atoms with Gasteiger partial charge in [0.05, 0.1) is 4.92 Å². The van der Waals surface area contributed by atoms with Crippen molar-refractivity contribution in [3.8, 4) is 5.75 Å². The second-order valence-corrected chi connectivity index (χ2v) is 6.69. The number of benzene rings is 2. The zero-order chi connectivity index (χ0) is 21.1. The predicted molar refractivity (Wildman–Crippen MR) is 110 cm³/mol. The monoisotopic (exact) mass is 411 g/mol. The molecule has 2 amide bonds. The molecule has 148 valence electrons. The first-order chi connectivity index (χ1) is 13.8. The fourth-order valence-corrected chi connectivity index (χ4v) is 2.95. The number of nitrogens with zero attached hydrogens (tertiary/aromatic N) is 3. The lowest BCUT2D eigenvalue weighted by molar-refractivity contribution is -0.384. The van der Waals surface area contributed by atoms with E-state index in [9.17, 15) is 19.7 Å². The molecule has 1 fully saturated rings. The highest BCUT2D eigenvalue weighted by Gasteiger charge is 2.35. The number of para-hydroxylation sites is 1. The van der Waals surface area contributed by atoms with Crippen LogP contribution in [-0.4, -0.2) is 45.7 Å². The van der Waals surface area contributed by atoms with Crippen molar-refractivity contribution in [1.82, 2.24) is 9.80 Å². The summed E-state index contributed by atoms with van der Waals surface area (Å²) in [7, 11) is 3.01. The molecule has 1 heterocycles. The smallest absolute Gasteiger partial charge is 0.269 e. The molecule has 0 unspecified atom stereocenters. The Morgan fingerprint density at radius 1 is 1.07 bits per heavy atom. The minimum Gasteiger partial charge on any atom is -0.488 e. The molecule has 8 nitrogen and oxygen atoms in total. The highest BCUT2D eigenvalue weighted by molar-refractivity contribution is 7.80. The summed E-state index contributed by atoms with van der Waals surface area (Å²) >= 11 is 5.08. The topological polar surface area (TPSA) is 93.0 Å². The van der Waals surface area contributed by atoms with E-state index in [4.69, 9.17) is 17.0 Å². The normalized spacial score (nSPS) is 14.3. The van der Waals surface area contributed by atoms with E-state index in [1.165, 1.54) is 42.1 Å². The van der Waals surface area contributed by atoms with Crippen molar-refractivity contribution in [2.45, 2.75) is 6.61 Å². The van der Waals surface area contributed by atoms with Gasteiger partial charge in [0.2, 0.25) is 0 Å². The lowest BCUT2D eigenvalue weighted by Crippen LogP contribution is -2.52. The summed E-state index contributed by atoms with van der Waals surface area (Å²) < 4.78 is 5.80. The van der Waals surface area contributed by atoms with Crippen molar-refractivity contribution in [3.63, 3.8) is 0 Å². The average Bonchev–Trinajstić information content (AvgIpc) is 2.73. The van der Waals surface area contributed by atoms with Crippen molar-refractivity contribution in [2.75, 3.05) is 14.1 Å². The number of carbonyl (C=O) groups is 2. The van der Waals surface area contributed by atoms with Gasteiger partial charge in [-0.3, -0.25) is 29.5 Å². The minimum atomic E-state index is -0.494. The van der Waals surface area contributed by atoms with Gasteiger partial charge in [-0.1, -0.05) is 30.3 Å². The highest BCUT2D eigenvalue weighted by atomic mass is 32.1. The number of carbonyl (C=O) groups excluding carboxylic acids is 2. The van der Waals surface area contributed by atoms with Crippen LogP contribution in [0.25, 0.3) is 6.08 Å². The second-order valence-electron chi connectivity index (χ2n) is 6.32. The summed E-state index contributed by atoms with van der Waals surface area (Å²) in [6.07, 6.45) is 1.46. The van der Waals surface area contributed by atoms with Crippen molar-refractivity contribution in [3.05, 3.63) is 75.3 Å². The van der Waals surface area contributed by atoms with Crippen LogP contribution in [0.15, 0.2) is 54.1 Å². The van der Waals surface area contributed by atoms with E-state index in [0.29, 0.717) is 16.9 Å². The van der Waals surface area contributed by atoms with Crippen LogP contribution in [0.1, 0.15) is 11.1 Å². The van der Waals surface area contributed by atoms with Crippen molar-refractivity contribution in [1.29, 1.82) is 0 Å². The number of amides is 2. The molecular weight excluding hydrogens is 394 g/mol. The molecule has 2 aromatic carbocycles. The molecule has 0 spiro atoms. The van der Waals surface area contributed by atoms with Gasteiger partial charge in [-0.15, -0.1) is 0 Å². The molecule has 1 aliphatic rings. The lowest BCUT2D eigenvalue weighted by atomic mass is 10.1. The maximum atomic E-state index is 12.5. The number of likely N-dealkylation sites (N-methyl/N-ethyl adjacent to an activating group) is 2. The number of non-ortho nitro benzene ring substituents is 1. The Morgan fingerprint density at radius 2 is 1.72 bits per heavy atom. The molecule has 0 atom stereocenters. The highest BCUT2D eigenvalue weighted by Crippen LogP contribution is 2.25. The third kappa shape index (κ3) is 4.14. The van der Waals surface area contributed by atoms with Crippen molar-refractivity contribution in [2.24, 2.45) is 0 Å². The summed E-state index contributed by atoms with van der Waals surface area (Å²) in [5.41, 5.74) is 1.09. The van der Waals surface area contributed by atoms with Gasteiger partial charge in [-0.2, -0.15) is 0 Å². The Labute approximate surface area is 172 Å². The Morgan fingerprint density at radius 3 is 2.38 bits per heavy atom. The fourth-order valence-electron chi connectivity index (χ4n) is 2.78. The van der Waals surface area contributed by atoms with Crippen LogP contribution in [0.2, 0.25) is 0 Å². The van der Waals surface area contributed by atoms with Gasteiger partial charge in [-0.25, -0.2) is 0 Å². The molecule has 0 N–H and O–H groups in total. The van der Waals surface area contributed by atoms with Crippen LogP contribution in [-0.2, 0) is 16.2 Å². The zero-order valence-electron chi connectivity index (χ0n) is 15.7. The van der Waals surface area contributed by atoms with Crippen molar-refractivity contribution >= 4 is 40.9 Å². The van der Waals surface area contributed by atoms with Crippen molar-refractivity contribution < 1.29 is 19.2 Å². The average molecular weight is 411 g/mol. The second kappa shape index (κ2) is 8.19. The maximum absolute atomic E-state index is 12.5. The molecule has 0 bridgehead atoms. The molecular formula is C20H17N3O5S. The molecule has 3 rings (SSSR count). The van der Waals surface area contributed by atoms with Gasteiger partial charge in [-0.05, 0) is 29.9 Å². The van der Waals surface area contributed by atoms with Crippen LogP contribution >= 0.6 is 12.2 Å². The fraction of sp³-hybridized carbons (Fsp3) is 0.150. The van der Waals surface area contributed by atoms with Gasteiger partial charge in [0.25, 0.3) is 17.5 Å². The lowest BCUT2D eigenvalue weighted by Gasteiger charge is -2.31. The zero-order valence-corrected chi connectivity index (χ0v) is 16.5. The van der Waals surface area contributed by atoms with Crippen LogP contribution in [0, 0.1) is 10.1 Å². The molecule has 0 radical (unpaired) electrons. The molecule has 1 saturated heterocycles. The van der Waals surface area contributed by atoms with Crippen LogP contribution in [0.3, 0.4) is 0 Å². The number of nitro groups is 1. The molecule has 0 aromatic heterocycles. The number of thiocarbonyl (C=S) groups is 1. The predicted octanol–water partition coefficient (Wildman–Crippen LogP) is 2.77. The Hall–Kier alpha value is -3.59. The van der Waals surface area contributed by atoms with Crippen LogP contribution in [0.4, 0.5) is 5.69 Å². The molecule has 0 saturated carbocycles. The summed E-state index contributed by atoms with van der Waals surface area (Å²) in [6, 6.07) is 13.0. The van der Waals surface area contributed by atoms with Crippen LogP contribution < -0.4 is 4.74 Å². The minimum absolute atomic E-state index is 0.0260. The molecule has 2 aromatic rings. The summed E-state index contributed by atoms with van der Waals surface area (Å²) in [4.78, 5) is 37.9. The molecule has 9 heteroatoms. The van der Waals surface area contributed by atoms with E-state index < -0.39 is 16.7 Å². The van der Waals surface area contributed by atoms with Gasteiger partial charge in [0.1, 0.15) is 17.9 Å². The standard InChI is InChI=1S/C20H17N3O5S/c1-21-18(24)16(19(25)22(2)20(21)29)11-14-7-3-4-9-17(14)28-12-13-6-5-8-15(10-13)23(26)27/h3-11H,12H2,1-2H3. The number of ether oxygens (including phenoxy) is 1. The quantitative estimate of drug-likeness (QED) is 0.247. The largest absolute Gasteiger partial charge is 0.488 e. The Bertz CT molecular complexity index is 1020. The first-order valence-electron chi connectivity index (χ1n) is 8.56. The van der Waals surface area contributed by atoms with Crippen LogP contribution in [0.5, 0.6) is 5.75 Å². The molecule has 1 aliphatic heterocycles. The summed E-state index contributed by atoms with van der Waals surface area (Å²) in [5, 5.41) is 11.0. The summed E-state index contributed by atoms with van der Waals surface area (Å²) in [5.74, 6) is -0.552. The van der Waals surface area contributed by atoms with Gasteiger partial charge in [0.15, 0.2) is 5.11 Å². The van der Waals surface area contributed by atoms with E-state index in [2.05, 4.69) is 0 Å². The number of hydrogen-bond donors (Lipinski definition) is 0. The number of rotatable bonds is 5. The Kier molecular flexibility index (Phi) is 5.69. The van der Waals surface area contributed by atoms with Gasteiger partial charge >= 0.3 is 0 Å². The first kappa shape index (κ1) is 20.2. The van der Waals surface area contributed by atoms with E-state index >= 15 is 0 Å². The van der Waals surface area contributed by atoms with E-state index in [1.54, 1.807) is 36.4 Å². The maximum Gasteiger partial charge on any atom is 0.269 e. The number of hydrogen-bond acceptors (Lipinski definition) is 6.